The van der Waals surface area contributed by atoms with Crippen LogP contribution < -0.4 is 0 Å². The highest BCUT2D eigenvalue weighted by molar-refractivity contribution is 7.98. The lowest BCUT2D eigenvalue weighted by Gasteiger charge is -2.15. The van der Waals surface area contributed by atoms with Gasteiger partial charge >= 0.3 is 0 Å². The highest BCUT2D eigenvalue weighted by atomic mass is 35.5. The van der Waals surface area contributed by atoms with Crippen molar-refractivity contribution in [3.05, 3.63) is 103 Å². The van der Waals surface area contributed by atoms with Gasteiger partial charge in [-0.3, -0.25) is 20.2 Å². The molecule has 0 fully saturated rings. The van der Waals surface area contributed by atoms with Crippen LogP contribution in [0.3, 0.4) is 0 Å². The van der Waals surface area contributed by atoms with Crippen LogP contribution in [0.4, 0.5) is 11.4 Å². The van der Waals surface area contributed by atoms with E-state index in [0.29, 0.717) is 32.0 Å². The lowest BCUT2D eigenvalue weighted by Crippen LogP contribution is -2.00. The molecule has 0 spiro atoms. The summed E-state index contributed by atoms with van der Waals surface area (Å²) in [6.07, 6.45) is 3.79. The van der Waals surface area contributed by atoms with Crippen molar-refractivity contribution in [3.63, 3.8) is 0 Å². The van der Waals surface area contributed by atoms with Crippen molar-refractivity contribution in [2.24, 2.45) is 0 Å². The Morgan fingerprint density at radius 2 is 1.05 bits per heavy atom. The summed E-state index contributed by atoms with van der Waals surface area (Å²) >= 11 is 15.0. The SMILES string of the molecule is CSc1ccc(S(=O)c2ccc(SC)cc2-c2ccc(Cl)c([N+](=O)[O-])c2)c(-c2ccc(Cl)c([N+](=O)[O-])c2)c1. The zero-order valence-electron chi connectivity index (χ0n) is 19.8. The van der Waals surface area contributed by atoms with Crippen LogP contribution in [0.1, 0.15) is 0 Å². The molecule has 0 radical (unpaired) electrons. The Morgan fingerprint density at radius 1 is 0.658 bits per heavy atom. The lowest BCUT2D eigenvalue weighted by molar-refractivity contribution is -0.384. The van der Waals surface area contributed by atoms with Crippen molar-refractivity contribution in [3.8, 4) is 22.3 Å². The number of hydrogen-bond acceptors (Lipinski definition) is 7. The van der Waals surface area contributed by atoms with E-state index in [2.05, 4.69) is 0 Å². The predicted molar refractivity (Wildman–Crippen MR) is 155 cm³/mol. The van der Waals surface area contributed by atoms with E-state index in [4.69, 9.17) is 23.2 Å². The Kier molecular flexibility index (Phi) is 8.79. The Hall–Kier alpha value is -2.89. The molecule has 0 aromatic heterocycles. The topological polar surface area (TPSA) is 103 Å². The van der Waals surface area contributed by atoms with E-state index in [9.17, 15) is 24.4 Å². The summed E-state index contributed by atoms with van der Waals surface area (Å²) < 4.78 is 14.2. The standard InChI is InChI=1S/C26H18Cl2N2O5S3/c1-36-17-5-9-25(19(13-17)15-3-7-21(27)23(11-15)29(31)32)38(35)26-10-6-18(37-2)14-20(26)16-4-8-22(28)24(12-16)30(33)34/h3-14H,1-2H3. The predicted octanol–water partition coefficient (Wildman–Crippen LogP) is 8.75. The zero-order valence-corrected chi connectivity index (χ0v) is 23.8. The van der Waals surface area contributed by atoms with Gasteiger partial charge in [-0.15, -0.1) is 23.5 Å². The largest absolute Gasteiger partial charge is 0.288 e. The molecule has 0 aliphatic rings. The van der Waals surface area contributed by atoms with Gasteiger partial charge in [0.2, 0.25) is 0 Å². The van der Waals surface area contributed by atoms with E-state index in [1.54, 1.807) is 24.3 Å². The summed E-state index contributed by atoms with van der Waals surface area (Å²) in [7, 11) is -1.76. The fraction of sp³-hybridized carbons (Fsp3) is 0.0769. The molecular weight excluding hydrogens is 587 g/mol. The molecule has 0 atom stereocenters. The third kappa shape index (κ3) is 5.74. The number of benzene rings is 4. The molecule has 0 amide bonds. The van der Waals surface area contributed by atoms with Crippen molar-refractivity contribution in [2.45, 2.75) is 19.6 Å². The third-order valence-corrected chi connectivity index (χ3v) is 9.28. The second-order valence-corrected chi connectivity index (χ2v) is 11.8. The van der Waals surface area contributed by atoms with E-state index in [1.165, 1.54) is 47.8 Å². The van der Waals surface area contributed by atoms with Crippen LogP contribution in [-0.4, -0.2) is 26.6 Å². The number of rotatable bonds is 8. The molecule has 4 aromatic carbocycles. The molecule has 0 heterocycles. The van der Waals surface area contributed by atoms with E-state index in [-0.39, 0.29) is 21.4 Å². The Morgan fingerprint density at radius 3 is 1.39 bits per heavy atom. The minimum Gasteiger partial charge on any atom is -0.258 e. The van der Waals surface area contributed by atoms with Crippen LogP contribution in [0.25, 0.3) is 22.3 Å². The summed E-state index contributed by atoms with van der Waals surface area (Å²) in [5.41, 5.74) is 1.58. The molecule has 4 aromatic rings. The summed E-state index contributed by atoms with van der Waals surface area (Å²) in [4.78, 5) is 24.6. The molecule has 12 heteroatoms. The van der Waals surface area contributed by atoms with Crippen LogP contribution in [0, 0.1) is 20.2 Å². The van der Waals surface area contributed by atoms with Gasteiger partial charge in [-0.25, -0.2) is 4.21 Å². The van der Waals surface area contributed by atoms with Crippen LogP contribution in [-0.2, 0) is 10.8 Å². The highest BCUT2D eigenvalue weighted by Crippen LogP contribution is 2.40. The van der Waals surface area contributed by atoms with E-state index < -0.39 is 20.6 Å². The van der Waals surface area contributed by atoms with Crippen molar-refractivity contribution in [1.82, 2.24) is 0 Å². The number of nitro benzene ring substituents is 2. The average Bonchev–Trinajstić information content (AvgIpc) is 2.92. The monoisotopic (exact) mass is 604 g/mol. The van der Waals surface area contributed by atoms with Gasteiger partial charge in [-0.05, 0) is 83.3 Å². The molecule has 0 unspecified atom stereocenters. The van der Waals surface area contributed by atoms with Crippen LogP contribution in [0.15, 0.2) is 92.4 Å². The summed E-state index contributed by atoms with van der Waals surface area (Å²) in [6, 6.07) is 19.7. The minimum absolute atomic E-state index is 0.00159. The second kappa shape index (κ2) is 11.9. The molecule has 0 saturated carbocycles. The van der Waals surface area contributed by atoms with Gasteiger partial charge in [0.05, 0.1) is 30.4 Å². The first-order valence-electron chi connectivity index (χ1n) is 10.8. The fourth-order valence-corrected chi connectivity index (χ4v) is 6.43. The van der Waals surface area contributed by atoms with Crippen molar-refractivity contribution < 1.29 is 14.1 Å². The molecule has 0 N–H and O–H groups in total. The number of nitrogens with zero attached hydrogens (tertiary/aromatic N) is 2. The van der Waals surface area contributed by atoms with E-state index in [0.717, 1.165) is 9.79 Å². The first-order valence-corrected chi connectivity index (χ1v) is 15.2. The van der Waals surface area contributed by atoms with Gasteiger partial charge in [0, 0.05) is 21.9 Å². The zero-order chi connectivity index (χ0) is 27.6. The maximum atomic E-state index is 14.2. The van der Waals surface area contributed by atoms with Crippen molar-refractivity contribution in [1.29, 1.82) is 0 Å². The molecule has 0 aliphatic carbocycles. The van der Waals surface area contributed by atoms with Crippen LogP contribution >= 0.6 is 46.7 Å². The number of halogens is 2. The Labute approximate surface area is 239 Å². The number of hydrogen-bond donors (Lipinski definition) is 0. The molecule has 0 saturated heterocycles. The maximum Gasteiger partial charge on any atom is 0.288 e. The Balaban J connectivity index is 1.93. The molecule has 0 aliphatic heterocycles. The molecular formula is C26H18Cl2N2O5S3. The summed E-state index contributed by atoms with van der Waals surface area (Å²) in [5, 5.41) is 23.1. The molecule has 38 heavy (non-hydrogen) atoms. The second-order valence-electron chi connectivity index (χ2n) is 7.84. The molecule has 0 bridgehead atoms. The van der Waals surface area contributed by atoms with E-state index >= 15 is 0 Å². The Bertz CT molecular complexity index is 1500. The molecule has 4 rings (SSSR count). The van der Waals surface area contributed by atoms with E-state index in [1.807, 2.05) is 36.8 Å². The van der Waals surface area contributed by atoms with Gasteiger partial charge in [0.15, 0.2) is 0 Å². The molecule has 194 valence electrons. The smallest absolute Gasteiger partial charge is 0.258 e. The van der Waals surface area contributed by atoms with Crippen LogP contribution in [0.2, 0.25) is 10.0 Å². The van der Waals surface area contributed by atoms with Crippen molar-refractivity contribution >= 4 is 68.9 Å². The van der Waals surface area contributed by atoms with Gasteiger partial charge < -0.3 is 0 Å². The number of thioether (sulfide) groups is 2. The van der Waals surface area contributed by atoms with Gasteiger partial charge in [-0.1, -0.05) is 35.3 Å². The van der Waals surface area contributed by atoms with Gasteiger partial charge in [0.1, 0.15) is 10.0 Å². The minimum atomic E-state index is -1.76. The maximum absolute atomic E-state index is 14.2. The third-order valence-electron chi connectivity index (χ3n) is 5.68. The van der Waals surface area contributed by atoms with Crippen LogP contribution in [0.5, 0.6) is 0 Å². The first-order chi connectivity index (χ1) is 18.1. The fourth-order valence-electron chi connectivity index (χ4n) is 3.81. The quantitative estimate of drug-likeness (QED) is 0.112. The number of nitro groups is 2. The van der Waals surface area contributed by atoms with Gasteiger partial charge in [0.25, 0.3) is 11.4 Å². The lowest BCUT2D eigenvalue weighted by atomic mass is 10.0. The molecule has 7 nitrogen and oxygen atoms in total. The summed E-state index contributed by atoms with van der Waals surface area (Å²) in [5.74, 6) is 0. The highest BCUT2D eigenvalue weighted by Gasteiger charge is 2.22. The van der Waals surface area contributed by atoms with Gasteiger partial charge in [-0.2, -0.15) is 0 Å². The normalized spacial score (nSPS) is 11.1. The average molecular weight is 606 g/mol. The van der Waals surface area contributed by atoms with Crippen molar-refractivity contribution in [2.75, 3.05) is 12.5 Å². The summed E-state index contributed by atoms with van der Waals surface area (Å²) in [6.45, 7) is 0. The first kappa shape index (κ1) is 28.1.